The first kappa shape index (κ1) is 17.1. The second-order valence-electron chi connectivity index (χ2n) is 5.03. The predicted molar refractivity (Wildman–Crippen MR) is 75.2 cm³/mol. The van der Waals surface area contributed by atoms with Gasteiger partial charge in [-0.15, -0.1) is 0 Å². The molecular weight excluding hydrogens is 341 g/mol. The molecule has 0 saturated heterocycles. The van der Waals surface area contributed by atoms with E-state index in [0.29, 0.717) is 0 Å². The van der Waals surface area contributed by atoms with E-state index in [-0.39, 0.29) is 16.5 Å². The Kier molecular flexibility index (Phi) is 4.29. The molecule has 11 heteroatoms. The Morgan fingerprint density at radius 3 is 2.78 bits per heavy atom. The molecule has 0 spiro atoms. The number of amidine groups is 1. The van der Waals surface area contributed by atoms with E-state index in [9.17, 15) is 18.0 Å². The van der Waals surface area contributed by atoms with Gasteiger partial charge in [0, 0.05) is 6.42 Å². The molecule has 0 radical (unpaired) electrons. The summed E-state index contributed by atoms with van der Waals surface area (Å²) in [7, 11) is 0. The van der Waals surface area contributed by atoms with Gasteiger partial charge in [-0.2, -0.15) is 13.2 Å². The molecular formula is C12H12ClF3N4O3. The van der Waals surface area contributed by atoms with Gasteiger partial charge in [-0.25, -0.2) is 20.1 Å². The molecule has 2 rings (SSSR count). The molecule has 7 nitrogen and oxygen atoms in total. The second-order valence-corrected chi connectivity index (χ2v) is 5.43. The zero-order valence-electron chi connectivity index (χ0n) is 11.7. The van der Waals surface area contributed by atoms with Crippen LogP contribution >= 0.6 is 11.6 Å². The van der Waals surface area contributed by atoms with Gasteiger partial charge in [0.25, 0.3) is 6.02 Å². The Morgan fingerprint density at radius 2 is 2.22 bits per heavy atom. The van der Waals surface area contributed by atoms with Crippen molar-refractivity contribution in [2.24, 2.45) is 4.99 Å². The second kappa shape index (κ2) is 5.76. The van der Waals surface area contributed by atoms with Gasteiger partial charge in [0.2, 0.25) is 0 Å². The highest BCUT2D eigenvalue weighted by Gasteiger charge is 2.50. The molecule has 2 atom stereocenters. The molecule has 0 unspecified atom stereocenters. The average molecular weight is 353 g/mol. The number of alkyl halides is 3. The molecule has 0 bridgehead atoms. The minimum atomic E-state index is -4.69. The summed E-state index contributed by atoms with van der Waals surface area (Å²) in [5.74, 6) is 0.0352. The Balaban J connectivity index is 2.48. The van der Waals surface area contributed by atoms with E-state index < -0.39 is 36.4 Å². The van der Waals surface area contributed by atoms with Crippen LogP contribution in [0.25, 0.3) is 0 Å². The molecule has 1 amide bonds. The molecule has 126 valence electrons. The number of hydrogen-bond acceptors (Lipinski definition) is 5. The lowest BCUT2D eigenvalue weighted by Crippen LogP contribution is -2.48. The summed E-state index contributed by atoms with van der Waals surface area (Å²) in [6, 6.07) is -0.216. The summed E-state index contributed by atoms with van der Waals surface area (Å²) in [6.07, 6.45) is -6.93. The molecule has 0 saturated carbocycles. The predicted octanol–water partition coefficient (Wildman–Crippen LogP) is 2.51. The van der Waals surface area contributed by atoms with Gasteiger partial charge >= 0.3 is 12.3 Å². The van der Waals surface area contributed by atoms with E-state index in [1.807, 2.05) is 0 Å². The molecule has 1 aliphatic rings. The fourth-order valence-electron chi connectivity index (χ4n) is 2.15. The number of aliphatic imine (C=N–C) groups is 1. The lowest BCUT2D eigenvalue weighted by molar-refractivity contribution is -0.164. The first-order valence-electron chi connectivity index (χ1n) is 6.27. The average Bonchev–Trinajstić information content (AvgIpc) is 2.39. The largest absolute Gasteiger partial charge is 0.465 e. The van der Waals surface area contributed by atoms with Crippen LogP contribution in [0.3, 0.4) is 0 Å². The van der Waals surface area contributed by atoms with Crippen molar-refractivity contribution in [2.75, 3.05) is 5.73 Å². The fraction of sp³-hybridized carbons (Fsp3) is 0.417. The summed E-state index contributed by atoms with van der Waals surface area (Å²) in [5.41, 5.74) is 3.85. The minimum absolute atomic E-state index is 0.0343. The van der Waals surface area contributed by atoms with Gasteiger partial charge in [-0.1, -0.05) is 11.6 Å². The Bertz CT molecular complexity index is 667. The van der Waals surface area contributed by atoms with Crippen LogP contribution in [-0.2, 0) is 10.3 Å². The Labute approximate surface area is 133 Å². The van der Waals surface area contributed by atoms with Crippen LogP contribution in [0.5, 0.6) is 0 Å². The van der Waals surface area contributed by atoms with Gasteiger partial charge in [0.1, 0.15) is 11.5 Å². The number of nitrogens with two attached hydrogens (primary N) is 1. The number of nitrogen functional groups attached to an aromatic ring is 1. The first-order valence-corrected chi connectivity index (χ1v) is 6.65. The van der Waals surface area contributed by atoms with E-state index in [1.165, 1.54) is 19.1 Å². The van der Waals surface area contributed by atoms with Gasteiger partial charge in [-0.3, -0.25) is 0 Å². The van der Waals surface area contributed by atoms with Gasteiger partial charge in [-0.05, 0) is 19.1 Å². The highest BCUT2D eigenvalue weighted by Crippen LogP contribution is 2.41. The maximum absolute atomic E-state index is 13.1. The molecule has 0 aromatic carbocycles. The quantitative estimate of drug-likeness (QED) is 0.719. The van der Waals surface area contributed by atoms with Crippen molar-refractivity contribution >= 4 is 29.5 Å². The third-order valence-electron chi connectivity index (χ3n) is 3.14. The molecule has 1 aromatic heterocycles. The van der Waals surface area contributed by atoms with Crippen molar-refractivity contribution in [2.45, 2.75) is 31.2 Å². The van der Waals surface area contributed by atoms with Crippen LogP contribution in [0.1, 0.15) is 19.0 Å². The van der Waals surface area contributed by atoms with E-state index in [4.69, 9.17) is 27.2 Å². The van der Waals surface area contributed by atoms with Crippen LogP contribution in [0, 0.1) is 0 Å². The number of carboxylic acid groups (broad SMARTS) is 1. The molecule has 0 aliphatic carbocycles. The lowest BCUT2D eigenvalue weighted by atomic mass is 9.91. The standard InChI is InChI=1S/C12H12ClF3N4O3/c1-11(8-5(13)2-3-7(17)19-8)4-6(12(14,15)16)18-9(23-11)20-10(21)22/h2-3,6H,4H2,1H3,(H2,17,19)(H,18,20)(H,21,22)/t6-,11-/m0/s1. The number of ether oxygens (including phenoxy) is 1. The van der Waals surface area contributed by atoms with Crippen molar-refractivity contribution in [3.63, 3.8) is 0 Å². The van der Waals surface area contributed by atoms with E-state index in [2.05, 4.69) is 9.98 Å². The fourth-order valence-corrected chi connectivity index (χ4v) is 2.45. The molecule has 1 aliphatic heterocycles. The van der Waals surface area contributed by atoms with E-state index in [1.54, 1.807) is 5.32 Å². The molecule has 4 N–H and O–H groups in total. The smallest absolute Gasteiger partial charge is 0.412 e. The number of hydrogen-bond donors (Lipinski definition) is 3. The maximum atomic E-state index is 13.1. The zero-order valence-corrected chi connectivity index (χ0v) is 12.4. The monoisotopic (exact) mass is 352 g/mol. The third-order valence-corrected chi connectivity index (χ3v) is 3.44. The van der Waals surface area contributed by atoms with E-state index >= 15 is 0 Å². The van der Waals surface area contributed by atoms with Gasteiger partial charge in [0.05, 0.1) is 5.02 Å². The Morgan fingerprint density at radius 1 is 1.57 bits per heavy atom. The lowest BCUT2D eigenvalue weighted by Gasteiger charge is -2.37. The topological polar surface area (TPSA) is 110 Å². The number of nitrogens with one attached hydrogen (secondary N) is 1. The highest BCUT2D eigenvalue weighted by atomic mass is 35.5. The van der Waals surface area contributed by atoms with Crippen LogP contribution in [0.2, 0.25) is 5.02 Å². The normalized spacial score (nSPS) is 24.6. The van der Waals surface area contributed by atoms with Crippen LogP contribution < -0.4 is 11.1 Å². The summed E-state index contributed by atoms with van der Waals surface area (Å²) >= 11 is 5.98. The van der Waals surface area contributed by atoms with Crippen molar-refractivity contribution in [3.8, 4) is 0 Å². The number of nitrogens with zero attached hydrogens (tertiary/aromatic N) is 2. The molecule has 0 fully saturated rings. The van der Waals surface area contributed by atoms with Gasteiger partial charge in [0.15, 0.2) is 11.6 Å². The van der Waals surface area contributed by atoms with Gasteiger partial charge < -0.3 is 15.6 Å². The van der Waals surface area contributed by atoms with Crippen molar-refractivity contribution in [1.29, 1.82) is 0 Å². The van der Waals surface area contributed by atoms with E-state index in [0.717, 1.165) is 0 Å². The van der Waals surface area contributed by atoms with Crippen molar-refractivity contribution in [1.82, 2.24) is 10.3 Å². The van der Waals surface area contributed by atoms with Crippen LogP contribution in [-0.4, -0.2) is 34.4 Å². The first-order chi connectivity index (χ1) is 10.5. The summed E-state index contributed by atoms with van der Waals surface area (Å²) in [6.45, 7) is 1.30. The zero-order chi connectivity index (χ0) is 17.4. The summed E-state index contributed by atoms with van der Waals surface area (Å²) < 4.78 is 44.5. The number of carbonyl (C=O) groups is 1. The molecule has 2 heterocycles. The number of anilines is 1. The number of pyridine rings is 1. The maximum Gasteiger partial charge on any atom is 0.412 e. The summed E-state index contributed by atoms with van der Waals surface area (Å²) in [5, 5.41) is 10.4. The third kappa shape index (κ3) is 3.76. The minimum Gasteiger partial charge on any atom is -0.465 e. The Hall–Kier alpha value is -2.23. The number of amides is 1. The molecule has 23 heavy (non-hydrogen) atoms. The molecule has 1 aromatic rings. The number of aromatic nitrogens is 1. The van der Waals surface area contributed by atoms with Crippen LogP contribution in [0.4, 0.5) is 23.8 Å². The SMILES string of the molecule is C[C@@]1(c2nc(N)ccc2Cl)C[C@@H](C(F)(F)F)N=C(NC(=O)O)O1. The number of rotatable bonds is 1. The highest BCUT2D eigenvalue weighted by molar-refractivity contribution is 6.31. The van der Waals surface area contributed by atoms with Crippen molar-refractivity contribution in [3.05, 3.63) is 22.8 Å². The van der Waals surface area contributed by atoms with Crippen molar-refractivity contribution < 1.29 is 27.8 Å². The number of halogens is 4. The summed E-state index contributed by atoms with van der Waals surface area (Å²) in [4.78, 5) is 17.8. The van der Waals surface area contributed by atoms with Crippen LogP contribution in [0.15, 0.2) is 17.1 Å².